The predicted octanol–water partition coefficient (Wildman–Crippen LogP) is 4.23. The number of aryl methyl sites for hydroxylation is 2. The third-order valence-corrected chi connectivity index (χ3v) is 3.93. The van der Waals surface area contributed by atoms with Gasteiger partial charge in [0, 0.05) is 6.42 Å². The molecule has 1 amide bonds. The average Bonchev–Trinajstić information content (AvgIpc) is 2.61. The van der Waals surface area contributed by atoms with E-state index in [0.29, 0.717) is 12.8 Å². The van der Waals surface area contributed by atoms with E-state index < -0.39 is 0 Å². The van der Waals surface area contributed by atoms with Crippen molar-refractivity contribution in [3.05, 3.63) is 83.4 Å². The molecule has 3 heteroatoms. The fourth-order valence-corrected chi connectivity index (χ4v) is 2.54. The van der Waals surface area contributed by atoms with Crippen molar-refractivity contribution in [3.8, 4) is 0 Å². The molecule has 0 aromatic heterocycles. The zero-order chi connectivity index (χ0) is 16.8. The zero-order valence-corrected chi connectivity index (χ0v) is 13.7. The van der Waals surface area contributed by atoms with Crippen LogP contribution in [0.25, 0.3) is 10.8 Å². The number of hydrazone groups is 1. The van der Waals surface area contributed by atoms with E-state index >= 15 is 0 Å². The second kappa shape index (κ2) is 7.55. The highest BCUT2D eigenvalue weighted by Gasteiger charge is 2.02. The van der Waals surface area contributed by atoms with E-state index in [1.807, 2.05) is 43.3 Å². The van der Waals surface area contributed by atoms with Gasteiger partial charge in [-0.15, -0.1) is 0 Å². The SMILES string of the molecule is Cc1ccc(/C=N/NC(=O)CCc2ccc3ccccc3c2)cc1. The van der Waals surface area contributed by atoms with Crippen molar-refractivity contribution >= 4 is 22.9 Å². The molecular weight excluding hydrogens is 296 g/mol. The maximum atomic E-state index is 11.9. The Hall–Kier alpha value is -2.94. The van der Waals surface area contributed by atoms with Gasteiger partial charge in [-0.2, -0.15) is 5.10 Å². The highest BCUT2D eigenvalue weighted by Crippen LogP contribution is 2.16. The molecule has 0 aliphatic carbocycles. The van der Waals surface area contributed by atoms with E-state index in [-0.39, 0.29) is 5.91 Å². The number of carbonyl (C=O) groups excluding carboxylic acids is 1. The minimum atomic E-state index is -0.0773. The number of rotatable bonds is 5. The Kier molecular flexibility index (Phi) is 5.02. The molecule has 0 fully saturated rings. The largest absolute Gasteiger partial charge is 0.273 e. The van der Waals surface area contributed by atoms with Crippen LogP contribution in [0.4, 0.5) is 0 Å². The van der Waals surface area contributed by atoms with Gasteiger partial charge in [0.1, 0.15) is 0 Å². The Morgan fingerprint density at radius 3 is 2.54 bits per heavy atom. The number of hydrogen-bond acceptors (Lipinski definition) is 2. The molecular formula is C21H20N2O. The van der Waals surface area contributed by atoms with Crippen LogP contribution in [-0.2, 0) is 11.2 Å². The highest BCUT2D eigenvalue weighted by atomic mass is 16.2. The number of nitrogens with one attached hydrogen (secondary N) is 1. The first-order valence-corrected chi connectivity index (χ1v) is 8.07. The quantitative estimate of drug-likeness (QED) is 0.555. The lowest BCUT2D eigenvalue weighted by molar-refractivity contribution is -0.121. The molecule has 0 aliphatic rings. The van der Waals surface area contributed by atoms with Crippen LogP contribution in [0, 0.1) is 6.92 Å². The van der Waals surface area contributed by atoms with Crippen LogP contribution >= 0.6 is 0 Å². The smallest absolute Gasteiger partial charge is 0.240 e. The lowest BCUT2D eigenvalue weighted by Gasteiger charge is -2.03. The summed E-state index contributed by atoms with van der Waals surface area (Å²) in [4.78, 5) is 11.9. The van der Waals surface area contributed by atoms with Crippen LogP contribution in [0.5, 0.6) is 0 Å². The van der Waals surface area contributed by atoms with Crippen LogP contribution in [0.15, 0.2) is 71.8 Å². The first kappa shape index (κ1) is 15.9. The Morgan fingerprint density at radius 2 is 1.75 bits per heavy atom. The van der Waals surface area contributed by atoms with E-state index in [9.17, 15) is 4.79 Å². The van der Waals surface area contributed by atoms with E-state index in [4.69, 9.17) is 0 Å². The molecule has 1 N–H and O–H groups in total. The summed E-state index contributed by atoms with van der Waals surface area (Å²) in [6.07, 6.45) is 2.79. The maximum absolute atomic E-state index is 11.9. The summed E-state index contributed by atoms with van der Waals surface area (Å²) < 4.78 is 0. The van der Waals surface area contributed by atoms with Gasteiger partial charge in [-0.05, 0) is 35.2 Å². The van der Waals surface area contributed by atoms with Crippen LogP contribution < -0.4 is 5.43 Å². The molecule has 3 aromatic carbocycles. The number of benzene rings is 3. The Labute approximate surface area is 142 Å². The van der Waals surface area contributed by atoms with Gasteiger partial charge in [-0.1, -0.05) is 72.3 Å². The molecule has 120 valence electrons. The van der Waals surface area contributed by atoms with Crippen LogP contribution in [-0.4, -0.2) is 12.1 Å². The molecule has 3 nitrogen and oxygen atoms in total. The lowest BCUT2D eigenvalue weighted by Crippen LogP contribution is -2.17. The van der Waals surface area contributed by atoms with Crippen molar-refractivity contribution in [2.24, 2.45) is 5.10 Å². The van der Waals surface area contributed by atoms with Crippen LogP contribution in [0.1, 0.15) is 23.1 Å². The normalized spacial score (nSPS) is 11.0. The van der Waals surface area contributed by atoms with E-state index in [1.54, 1.807) is 6.21 Å². The second-order valence-corrected chi connectivity index (χ2v) is 5.89. The summed E-state index contributed by atoms with van der Waals surface area (Å²) in [6.45, 7) is 2.04. The van der Waals surface area contributed by atoms with Crippen LogP contribution in [0.2, 0.25) is 0 Å². The third kappa shape index (κ3) is 4.29. The van der Waals surface area contributed by atoms with Crippen molar-refractivity contribution in [3.63, 3.8) is 0 Å². The van der Waals surface area contributed by atoms with E-state index in [2.05, 4.69) is 40.9 Å². The number of fused-ring (bicyclic) bond motifs is 1. The standard InChI is InChI=1S/C21H20N2O/c1-16-6-8-18(9-7-16)15-22-23-21(24)13-11-17-10-12-19-4-2-3-5-20(19)14-17/h2-10,12,14-15H,11,13H2,1H3,(H,23,24)/b22-15+. The summed E-state index contributed by atoms with van der Waals surface area (Å²) in [5.74, 6) is -0.0773. The Balaban J connectivity index is 1.52. The molecule has 0 bridgehead atoms. The third-order valence-electron chi connectivity index (χ3n) is 3.93. The number of carbonyl (C=O) groups is 1. The van der Waals surface area contributed by atoms with Gasteiger partial charge in [0.25, 0.3) is 0 Å². The molecule has 0 radical (unpaired) electrons. The van der Waals surface area contributed by atoms with Gasteiger partial charge in [0.2, 0.25) is 5.91 Å². The molecule has 3 rings (SSSR count). The molecule has 0 atom stereocenters. The van der Waals surface area contributed by atoms with E-state index in [1.165, 1.54) is 16.3 Å². The van der Waals surface area contributed by atoms with Gasteiger partial charge in [0.05, 0.1) is 6.21 Å². The van der Waals surface area contributed by atoms with Crippen molar-refractivity contribution in [1.29, 1.82) is 0 Å². The monoisotopic (exact) mass is 316 g/mol. The van der Waals surface area contributed by atoms with Crippen molar-refractivity contribution in [1.82, 2.24) is 5.43 Å². The zero-order valence-electron chi connectivity index (χ0n) is 13.7. The molecule has 0 saturated heterocycles. The number of nitrogens with zero attached hydrogens (tertiary/aromatic N) is 1. The molecule has 3 aromatic rings. The van der Waals surface area contributed by atoms with E-state index in [0.717, 1.165) is 11.1 Å². The van der Waals surface area contributed by atoms with Gasteiger partial charge in [0.15, 0.2) is 0 Å². The second-order valence-electron chi connectivity index (χ2n) is 5.89. The van der Waals surface area contributed by atoms with Gasteiger partial charge in [-0.25, -0.2) is 5.43 Å². The van der Waals surface area contributed by atoms with Crippen molar-refractivity contribution in [2.45, 2.75) is 19.8 Å². The average molecular weight is 316 g/mol. The van der Waals surface area contributed by atoms with Gasteiger partial charge in [-0.3, -0.25) is 4.79 Å². The maximum Gasteiger partial charge on any atom is 0.240 e. The molecule has 0 heterocycles. The highest BCUT2D eigenvalue weighted by molar-refractivity contribution is 5.84. The minimum absolute atomic E-state index is 0.0773. The molecule has 0 aliphatic heterocycles. The first-order valence-electron chi connectivity index (χ1n) is 8.07. The lowest BCUT2D eigenvalue weighted by atomic mass is 10.0. The van der Waals surface area contributed by atoms with Gasteiger partial charge < -0.3 is 0 Å². The Morgan fingerprint density at radius 1 is 1.00 bits per heavy atom. The molecule has 0 saturated carbocycles. The number of amides is 1. The summed E-state index contributed by atoms with van der Waals surface area (Å²) >= 11 is 0. The predicted molar refractivity (Wildman–Crippen MR) is 99.2 cm³/mol. The molecule has 0 unspecified atom stereocenters. The summed E-state index contributed by atoms with van der Waals surface area (Å²) in [6, 6.07) is 22.5. The first-order chi connectivity index (χ1) is 11.7. The molecule has 24 heavy (non-hydrogen) atoms. The summed E-state index contributed by atoms with van der Waals surface area (Å²) in [5.41, 5.74) is 5.91. The Bertz CT molecular complexity index is 866. The van der Waals surface area contributed by atoms with Gasteiger partial charge >= 0.3 is 0 Å². The fraction of sp³-hybridized carbons (Fsp3) is 0.143. The topological polar surface area (TPSA) is 41.5 Å². The van der Waals surface area contributed by atoms with Crippen LogP contribution in [0.3, 0.4) is 0 Å². The molecule has 0 spiro atoms. The summed E-state index contributed by atoms with van der Waals surface area (Å²) in [7, 11) is 0. The fourth-order valence-electron chi connectivity index (χ4n) is 2.54. The summed E-state index contributed by atoms with van der Waals surface area (Å²) in [5, 5.41) is 6.43. The van der Waals surface area contributed by atoms with Crippen molar-refractivity contribution in [2.75, 3.05) is 0 Å². The van der Waals surface area contributed by atoms with Crippen molar-refractivity contribution < 1.29 is 4.79 Å². The minimum Gasteiger partial charge on any atom is -0.273 e. The number of hydrogen-bond donors (Lipinski definition) is 1.